The molecule has 0 fully saturated rings. The van der Waals surface area contributed by atoms with Crippen LogP contribution in [-0.2, 0) is 4.79 Å². The van der Waals surface area contributed by atoms with E-state index in [0.29, 0.717) is 16.3 Å². The summed E-state index contributed by atoms with van der Waals surface area (Å²) in [5.41, 5.74) is 0.378. The first-order valence-electron chi connectivity index (χ1n) is 8.95. The maximum Gasteiger partial charge on any atom is 0.316 e. The molecule has 0 bridgehead atoms. The fraction of sp³-hybridized carbons (Fsp3) is 0.158. The molecule has 160 valence electrons. The number of nitrogens with one attached hydrogen (secondary N) is 2. The fourth-order valence-corrected chi connectivity index (χ4v) is 2.57. The summed E-state index contributed by atoms with van der Waals surface area (Å²) in [5.74, 6) is -0.769. The van der Waals surface area contributed by atoms with Gasteiger partial charge < -0.3 is 19.9 Å². The van der Waals surface area contributed by atoms with Crippen LogP contribution in [0.15, 0.2) is 53.1 Å². The van der Waals surface area contributed by atoms with Crippen molar-refractivity contribution in [1.82, 2.24) is 20.8 Å². The first-order chi connectivity index (χ1) is 14.9. The van der Waals surface area contributed by atoms with E-state index in [9.17, 15) is 19.7 Å². The number of carbonyl (C=O) groups excluding carboxylic acids is 2. The van der Waals surface area contributed by atoms with E-state index in [1.807, 2.05) is 0 Å². The molecule has 3 rings (SSSR count). The zero-order valence-corrected chi connectivity index (χ0v) is 16.7. The van der Waals surface area contributed by atoms with Gasteiger partial charge in [0.1, 0.15) is 5.75 Å². The number of para-hydroxylation sites is 1. The molecular weight excluding hydrogens is 430 g/mol. The lowest BCUT2D eigenvalue weighted by Gasteiger charge is -2.08. The van der Waals surface area contributed by atoms with Crippen LogP contribution in [0.25, 0.3) is 11.4 Å². The van der Waals surface area contributed by atoms with Crippen molar-refractivity contribution in [2.24, 2.45) is 0 Å². The molecule has 1 aromatic heterocycles. The molecule has 3 aromatic rings. The van der Waals surface area contributed by atoms with E-state index >= 15 is 0 Å². The van der Waals surface area contributed by atoms with Gasteiger partial charge in [-0.3, -0.25) is 19.7 Å². The van der Waals surface area contributed by atoms with Gasteiger partial charge in [0.2, 0.25) is 5.82 Å². The third-order valence-corrected chi connectivity index (χ3v) is 4.20. The zero-order chi connectivity index (χ0) is 22.2. The molecule has 0 aliphatic heterocycles. The largest absolute Gasteiger partial charge is 0.482 e. The van der Waals surface area contributed by atoms with Gasteiger partial charge in [-0.05, 0) is 24.3 Å². The number of carbonyl (C=O) groups is 2. The maximum atomic E-state index is 12.1. The molecule has 0 aliphatic rings. The second-order valence-corrected chi connectivity index (χ2v) is 6.46. The Morgan fingerprint density at radius 3 is 2.52 bits per heavy atom. The molecule has 0 spiro atoms. The van der Waals surface area contributed by atoms with Gasteiger partial charge in [-0.15, -0.1) is 0 Å². The third kappa shape index (κ3) is 6.00. The van der Waals surface area contributed by atoms with Crippen LogP contribution >= 0.6 is 11.6 Å². The van der Waals surface area contributed by atoms with Crippen LogP contribution in [0.3, 0.4) is 0 Å². The molecule has 0 atom stereocenters. The van der Waals surface area contributed by atoms with Gasteiger partial charge in [-0.2, -0.15) is 4.98 Å². The number of hydrogen-bond donors (Lipinski definition) is 2. The number of hydrogen-bond acceptors (Lipinski definition) is 8. The minimum absolute atomic E-state index is 0.0791. The molecule has 2 N–H and O–H groups in total. The first-order valence-corrected chi connectivity index (χ1v) is 9.32. The molecule has 2 aromatic carbocycles. The van der Waals surface area contributed by atoms with E-state index in [2.05, 4.69) is 20.8 Å². The van der Waals surface area contributed by atoms with E-state index in [4.69, 9.17) is 20.9 Å². The highest BCUT2D eigenvalue weighted by atomic mass is 35.5. The van der Waals surface area contributed by atoms with Crippen LogP contribution in [0.4, 0.5) is 5.69 Å². The van der Waals surface area contributed by atoms with Gasteiger partial charge in [0.25, 0.3) is 11.6 Å². The molecule has 0 saturated carbocycles. The number of halogens is 1. The van der Waals surface area contributed by atoms with Crippen molar-refractivity contribution in [3.8, 4) is 17.1 Å². The van der Waals surface area contributed by atoms with Gasteiger partial charge in [0, 0.05) is 30.8 Å². The molecule has 31 heavy (non-hydrogen) atoms. The lowest BCUT2D eigenvalue weighted by molar-refractivity contribution is -0.384. The quantitative estimate of drug-likeness (QED) is 0.289. The van der Waals surface area contributed by atoms with Crippen molar-refractivity contribution >= 4 is 29.1 Å². The van der Waals surface area contributed by atoms with Crippen LogP contribution in [0.5, 0.6) is 5.75 Å². The van der Waals surface area contributed by atoms with Gasteiger partial charge in [0.15, 0.2) is 6.61 Å². The predicted octanol–water partition coefficient (Wildman–Crippen LogP) is 2.22. The van der Waals surface area contributed by atoms with Crippen LogP contribution in [0.1, 0.15) is 10.7 Å². The summed E-state index contributed by atoms with van der Waals surface area (Å²) in [4.78, 5) is 38.0. The van der Waals surface area contributed by atoms with E-state index in [0.717, 1.165) is 0 Å². The number of amides is 2. The Hall–Kier alpha value is -3.99. The number of nitro groups is 1. The molecule has 1 heterocycles. The Bertz CT molecular complexity index is 1090. The summed E-state index contributed by atoms with van der Waals surface area (Å²) in [6, 6.07) is 12.3. The van der Waals surface area contributed by atoms with Crippen molar-refractivity contribution < 1.29 is 23.8 Å². The van der Waals surface area contributed by atoms with Gasteiger partial charge in [0.05, 0.1) is 9.95 Å². The standard InChI is InChI=1S/C19H16ClN5O6/c20-14-3-1-2-4-15(14)30-11-16(26)21-9-10-22-18(27)19-23-17(24-31-19)12-5-7-13(8-6-12)25(28)29/h1-8H,9-11H2,(H,21,26)(H,22,27). The molecule has 12 heteroatoms. The number of rotatable bonds is 9. The van der Waals surface area contributed by atoms with E-state index in [1.165, 1.54) is 24.3 Å². The third-order valence-electron chi connectivity index (χ3n) is 3.88. The highest BCUT2D eigenvalue weighted by molar-refractivity contribution is 6.32. The number of non-ortho nitro benzene ring substituents is 1. The SMILES string of the molecule is O=C(COc1ccccc1Cl)NCCNC(=O)c1nc(-c2ccc([N+](=O)[O-])cc2)no1. The highest BCUT2D eigenvalue weighted by Crippen LogP contribution is 2.23. The maximum absolute atomic E-state index is 12.1. The monoisotopic (exact) mass is 445 g/mol. The van der Waals surface area contributed by atoms with Crippen molar-refractivity contribution in [3.05, 3.63) is 69.6 Å². The van der Waals surface area contributed by atoms with Gasteiger partial charge in [-0.1, -0.05) is 28.9 Å². The summed E-state index contributed by atoms with van der Waals surface area (Å²) in [6.07, 6.45) is 0. The summed E-state index contributed by atoms with van der Waals surface area (Å²) in [5, 5.41) is 19.9. The minimum Gasteiger partial charge on any atom is -0.482 e. The van der Waals surface area contributed by atoms with Gasteiger partial charge in [-0.25, -0.2) is 0 Å². The normalized spacial score (nSPS) is 10.4. The Kier molecular flexibility index (Phi) is 7.12. The first kappa shape index (κ1) is 21.7. The number of aromatic nitrogens is 2. The van der Waals surface area contributed by atoms with Crippen LogP contribution < -0.4 is 15.4 Å². The fourth-order valence-electron chi connectivity index (χ4n) is 2.37. The highest BCUT2D eigenvalue weighted by Gasteiger charge is 2.16. The van der Waals surface area contributed by atoms with Crippen LogP contribution in [-0.4, -0.2) is 46.6 Å². The average Bonchev–Trinajstić information content (AvgIpc) is 3.26. The molecule has 0 radical (unpaired) electrons. The predicted molar refractivity (Wildman–Crippen MR) is 109 cm³/mol. The van der Waals surface area contributed by atoms with Gasteiger partial charge >= 0.3 is 11.8 Å². The zero-order valence-electron chi connectivity index (χ0n) is 15.9. The summed E-state index contributed by atoms with van der Waals surface area (Å²) in [6.45, 7) is 0.0473. The number of ether oxygens (including phenoxy) is 1. The Labute approximate surface area is 180 Å². The second kappa shape index (κ2) is 10.2. The molecule has 11 nitrogen and oxygen atoms in total. The van der Waals surface area contributed by atoms with Crippen molar-refractivity contribution in [1.29, 1.82) is 0 Å². The number of benzene rings is 2. The molecule has 2 amide bonds. The Morgan fingerprint density at radius 2 is 1.81 bits per heavy atom. The van der Waals surface area contributed by atoms with Crippen molar-refractivity contribution in [3.63, 3.8) is 0 Å². The summed E-state index contributed by atoms with van der Waals surface area (Å²) < 4.78 is 10.2. The lowest BCUT2D eigenvalue weighted by atomic mass is 10.2. The second-order valence-electron chi connectivity index (χ2n) is 6.05. The lowest BCUT2D eigenvalue weighted by Crippen LogP contribution is -2.36. The summed E-state index contributed by atoms with van der Waals surface area (Å²) in [7, 11) is 0. The molecule has 0 unspecified atom stereocenters. The molecule has 0 saturated heterocycles. The van der Waals surface area contributed by atoms with E-state index in [-0.39, 0.29) is 43.0 Å². The number of nitro benzene ring substituents is 1. The van der Waals surface area contributed by atoms with Crippen LogP contribution in [0.2, 0.25) is 5.02 Å². The number of nitrogens with zero attached hydrogens (tertiary/aromatic N) is 3. The molecule has 0 aliphatic carbocycles. The Morgan fingerprint density at radius 1 is 1.10 bits per heavy atom. The van der Waals surface area contributed by atoms with Crippen molar-refractivity contribution in [2.75, 3.05) is 19.7 Å². The minimum atomic E-state index is -0.623. The topological polar surface area (TPSA) is 149 Å². The van der Waals surface area contributed by atoms with Crippen molar-refractivity contribution in [2.45, 2.75) is 0 Å². The van der Waals surface area contributed by atoms with E-state index < -0.39 is 10.8 Å². The van der Waals surface area contributed by atoms with E-state index in [1.54, 1.807) is 24.3 Å². The summed E-state index contributed by atoms with van der Waals surface area (Å²) >= 11 is 5.94. The smallest absolute Gasteiger partial charge is 0.316 e. The Balaban J connectivity index is 1.41. The molecular formula is C19H16ClN5O6. The van der Waals surface area contributed by atoms with Crippen LogP contribution in [0, 0.1) is 10.1 Å². The average molecular weight is 446 g/mol.